The number of ether oxygens (including phenoxy) is 1. The van der Waals surface area contributed by atoms with E-state index in [4.69, 9.17) is 4.74 Å². The molecule has 0 bridgehead atoms. The highest BCUT2D eigenvalue weighted by Crippen LogP contribution is 2.25. The van der Waals surface area contributed by atoms with Gasteiger partial charge >= 0.3 is 0 Å². The molecule has 1 amide bonds. The van der Waals surface area contributed by atoms with Gasteiger partial charge < -0.3 is 10.1 Å². The van der Waals surface area contributed by atoms with E-state index in [2.05, 4.69) is 10.2 Å². The summed E-state index contributed by atoms with van der Waals surface area (Å²) in [5, 5.41) is 3.05. The number of halogens is 1. The Hall–Kier alpha value is -1.46. The zero-order chi connectivity index (χ0) is 13.9. The van der Waals surface area contributed by atoms with E-state index in [1.807, 2.05) is 0 Å². The molecule has 1 aromatic rings. The number of benzene rings is 1. The van der Waals surface area contributed by atoms with Crippen molar-refractivity contribution in [3.63, 3.8) is 0 Å². The largest absolute Gasteiger partial charge is 0.379 e. The van der Waals surface area contributed by atoms with E-state index in [-0.39, 0.29) is 17.8 Å². The van der Waals surface area contributed by atoms with Crippen LogP contribution >= 0.6 is 0 Å². The average Bonchev–Trinajstić information content (AvgIpc) is 3.26. The second kappa shape index (κ2) is 5.89. The third-order valence-electron chi connectivity index (χ3n) is 3.77. The molecule has 0 aromatic heterocycles. The van der Waals surface area contributed by atoms with Crippen LogP contribution in [0.1, 0.15) is 24.4 Å². The van der Waals surface area contributed by atoms with Crippen LogP contribution in [0.2, 0.25) is 0 Å². The van der Waals surface area contributed by atoms with Gasteiger partial charge in [-0.05, 0) is 30.5 Å². The SMILES string of the molecule is O=C(NC1CC1)C(c1ccc(F)cc1)N1CCOCC1. The number of amides is 1. The van der Waals surface area contributed by atoms with Crippen molar-refractivity contribution in [3.05, 3.63) is 35.6 Å². The van der Waals surface area contributed by atoms with Crippen molar-refractivity contribution in [1.29, 1.82) is 0 Å². The first-order valence-corrected chi connectivity index (χ1v) is 7.12. The Morgan fingerprint density at radius 2 is 1.90 bits per heavy atom. The van der Waals surface area contributed by atoms with Crippen molar-refractivity contribution in [2.45, 2.75) is 24.9 Å². The van der Waals surface area contributed by atoms with Crippen LogP contribution in [-0.2, 0) is 9.53 Å². The number of carbonyl (C=O) groups is 1. The summed E-state index contributed by atoms with van der Waals surface area (Å²) in [7, 11) is 0. The van der Waals surface area contributed by atoms with E-state index in [9.17, 15) is 9.18 Å². The number of nitrogens with one attached hydrogen (secondary N) is 1. The zero-order valence-electron chi connectivity index (χ0n) is 11.3. The maximum absolute atomic E-state index is 13.1. The monoisotopic (exact) mass is 278 g/mol. The first kappa shape index (κ1) is 13.5. The molecule has 1 aliphatic heterocycles. The van der Waals surface area contributed by atoms with Crippen LogP contribution in [0, 0.1) is 5.82 Å². The van der Waals surface area contributed by atoms with E-state index in [1.165, 1.54) is 12.1 Å². The lowest BCUT2D eigenvalue weighted by Crippen LogP contribution is -2.46. The van der Waals surface area contributed by atoms with E-state index >= 15 is 0 Å². The minimum atomic E-state index is -0.347. The van der Waals surface area contributed by atoms with Crippen LogP contribution in [0.5, 0.6) is 0 Å². The number of rotatable bonds is 4. The van der Waals surface area contributed by atoms with Crippen LogP contribution in [0.25, 0.3) is 0 Å². The van der Waals surface area contributed by atoms with E-state index in [1.54, 1.807) is 12.1 Å². The van der Waals surface area contributed by atoms with Crippen molar-refractivity contribution in [3.8, 4) is 0 Å². The number of nitrogens with zero attached hydrogens (tertiary/aromatic N) is 1. The summed E-state index contributed by atoms with van der Waals surface area (Å²) in [6.45, 7) is 2.71. The molecule has 1 atom stereocenters. The van der Waals surface area contributed by atoms with Crippen molar-refractivity contribution in [1.82, 2.24) is 10.2 Å². The molecule has 1 saturated heterocycles. The topological polar surface area (TPSA) is 41.6 Å². The lowest BCUT2D eigenvalue weighted by Gasteiger charge is -2.33. The summed E-state index contributed by atoms with van der Waals surface area (Å²) in [5.74, 6) is -0.266. The first-order chi connectivity index (χ1) is 9.74. The van der Waals surface area contributed by atoms with Gasteiger partial charge in [-0.25, -0.2) is 4.39 Å². The van der Waals surface area contributed by atoms with Crippen molar-refractivity contribution in [2.75, 3.05) is 26.3 Å². The minimum absolute atomic E-state index is 0.0148. The third-order valence-corrected chi connectivity index (χ3v) is 3.77. The summed E-state index contributed by atoms with van der Waals surface area (Å²) in [6.07, 6.45) is 2.12. The second-order valence-electron chi connectivity index (χ2n) is 5.39. The van der Waals surface area contributed by atoms with Gasteiger partial charge in [-0.3, -0.25) is 9.69 Å². The Bertz CT molecular complexity index is 467. The van der Waals surface area contributed by atoms with E-state index in [0.29, 0.717) is 19.3 Å². The van der Waals surface area contributed by atoms with Gasteiger partial charge in [0.25, 0.3) is 0 Å². The lowest BCUT2D eigenvalue weighted by atomic mass is 10.0. The number of hydrogen-bond acceptors (Lipinski definition) is 3. The van der Waals surface area contributed by atoms with E-state index in [0.717, 1.165) is 31.5 Å². The summed E-state index contributed by atoms with van der Waals surface area (Å²) in [6, 6.07) is 6.19. The predicted octanol–water partition coefficient (Wildman–Crippen LogP) is 1.48. The summed E-state index contributed by atoms with van der Waals surface area (Å²) in [5.41, 5.74) is 0.839. The maximum atomic E-state index is 13.1. The van der Waals surface area contributed by atoms with Gasteiger partial charge in [0.05, 0.1) is 13.2 Å². The van der Waals surface area contributed by atoms with Gasteiger partial charge in [0.1, 0.15) is 11.9 Å². The second-order valence-corrected chi connectivity index (χ2v) is 5.39. The van der Waals surface area contributed by atoms with Crippen molar-refractivity contribution < 1.29 is 13.9 Å². The summed E-state index contributed by atoms with van der Waals surface area (Å²) in [4.78, 5) is 14.6. The molecular formula is C15H19FN2O2. The molecule has 1 aliphatic carbocycles. The Balaban J connectivity index is 1.80. The van der Waals surface area contributed by atoms with Gasteiger partial charge in [-0.15, -0.1) is 0 Å². The molecule has 108 valence electrons. The molecule has 2 aliphatic rings. The molecule has 20 heavy (non-hydrogen) atoms. The normalized spacial score (nSPS) is 21.4. The molecular weight excluding hydrogens is 259 g/mol. The Labute approximate surface area is 117 Å². The highest BCUT2D eigenvalue weighted by molar-refractivity contribution is 5.83. The van der Waals surface area contributed by atoms with Gasteiger partial charge in [0.15, 0.2) is 0 Å². The lowest BCUT2D eigenvalue weighted by molar-refractivity contribution is -0.128. The maximum Gasteiger partial charge on any atom is 0.242 e. The first-order valence-electron chi connectivity index (χ1n) is 7.12. The van der Waals surface area contributed by atoms with Crippen LogP contribution in [-0.4, -0.2) is 43.2 Å². The van der Waals surface area contributed by atoms with Crippen LogP contribution in [0.15, 0.2) is 24.3 Å². The fourth-order valence-electron chi connectivity index (χ4n) is 2.52. The smallest absolute Gasteiger partial charge is 0.242 e. The van der Waals surface area contributed by atoms with Crippen LogP contribution in [0.3, 0.4) is 0 Å². The molecule has 4 nitrogen and oxygen atoms in total. The van der Waals surface area contributed by atoms with E-state index < -0.39 is 0 Å². The Kier molecular flexibility index (Phi) is 3.98. The summed E-state index contributed by atoms with van der Waals surface area (Å²) >= 11 is 0. The quantitative estimate of drug-likeness (QED) is 0.907. The number of morpholine rings is 1. The molecule has 1 heterocycles. The molecule has 1 aromatic carbocycles. The number of carbonyl (C=O) groups excluding carboxylic acids is 1. The fourth-order valence-corrected chi connectivity index (χ4v) is 2.52. The zero-order valence-corrected chi connectivity index (χ0v) is 11.3. The number of hydrogen-bond donors (Lipinski definition) is 1. The molecule has 1 unspecified atom stereocenters. The van der Waals surface area contributed by atoms with Gasteiger partial charge in [-0.1, -0.05) is 12.1 Å². The molecule has 1 saturated carbocycles. The Morgan fingerprint density at radius 1 is 1.25 bits per heavy atom. The van der Waals surface area contributed by atoms with Crippen LogP contribution in [0.4, 0.5) is 4.39 Å². The predicted molar refractivity (Wildman–Crippen MR) is 72.7 cm³/mol. The van der Waals surface area contributed by atoms with Gasteiger partial charge in [-0.2, -0.15) is 0 Å². The third kappa shape index (κ3) is 3.16. The molecule has 3 rings (SSSR count). The standard InChI is InChI=1S/C15H19FN2O2/c16-12-3-1-11(2-4-12)14(15(19)17-13-5-6-13)18-7-9-20-10-8-18/h1-4,13-14H,5-10H2,(H,17,19). The molecule has 1 N–H and O–H groups in total. The molecule has 5 heteroatoms. The van der Waals surface area contributed by atoms with Crippen LogP contribution < -0.4 is 5.32 Å². The summed E-state index contributed by atoms with van der Waals surface area (Å²) < 4.78 is 18.4. The van der Waals surface area contributed by atoms with Gasteiger partial charge in [0.2, 0.25) is 5.91 Å². The highest BCUT2D eigenvalue weighted by atomic mass is 19.1. The van der Waals surface area contributed by atoms with Crippen molar-refractivity contribution in [2.24, 2.45) is 0 Å². The highest BCUT2D eigenvalue weighted by Gasteiger charge is 2.32. The Morgan fingerprint density at radius 3 is 2.50 bits per heavy atom. The minimum Gasteiger partial charge on any atom is -0.379 e. The average molecular weight is 278 g/mol. The molecule has 0 spiro atoms. The molecule has 2 fully saturated rings. The fraction of sp³-hybridized carbons (Fsp3) is 0.533. The van der Waals surface area contributed by atoms with Crippen molar-refractivity contribution >= 4 is 5.91 Å². The molecule has 0 radical (unpaired) electrons. The van der Waals surface area contributed by atoms with Gasteiger partial charge in [0, 0.05) is 19.1 Å².